The van der Waals surface area contributed by atoms with Crippen molar-refractivity contribution < 1.29 is 27.4 Å². The molecule has 18 heavy (non-hydrogen) atoms. The standard InChI is InChI=1S/C12H13F3O3/c1-17-8-3-4-11(18-2)9(7-8)10(16)5-6-12(13,14)15/h3-4,7H,5-6H2,1-2H3. The van der Waals surface area contributed by atoms with Crippen LogP contribution in [0.5, 0.6) is 11.5 Å². The lowest BCUT2D eigenvalue weighted by Crippen LogP contribution is -2.11. The Bertz CT molecular complexity index is 427. The van der Waals surface area contributed by atoms with Gasteiger partial charge in [-0.05, 0) is 18.2 Å². The van der Waals surface area contributed by atoms with E-state index in [1.54, 1.807) is 6.07 Å². The van der Waals surface area contributed by atoms with Crippen LogP contribution in [0, 0.1) is 0 Å². The molecular weight excluding hydrogens is 249 g/mol. The molecule has 0 heterocycles. The van der Waals surface area contributed by atoms with Crippen molar-refractivity contribution in [3.63, 3.8) is 0 Å². The van der Waals surface area contributed by atoms with E-state index in [0.29, 0.717) is 5.75 Å². The van der Waals surface area contributed by atoms with Crippen LogP contribution in [-0.4, -0.2) is 26.2 Å². The Morgan fingerprint density at radius 1 is 1.22 bits per heavy atom. The van der Waals surface area contributed by atoms with E-state index in [-0.39, 0.29) is 11.3 Å². The smallest absolute Gasteiger partial charge is 0.389 e. The molecule has 0 spiro atoms. The summed E-state index contributed by atoms with van der Waals surface area (Å²) in [7, 11) is 2.76. The quantitative estimate of drug-likeness (QED) is 0.764. The van der Waals surface area contributed by atoms with Crippen LogP contribution >= 0.6 is 0 Å². The van der Waals surface area contributed by atoms with Gasteiger partial charge in [-0.2, -0.15) is 13.2 Å². The predicted molar refractivity (Wildman–Crippen MR) is 59.2 cm³/mol. The van der Waals surface area contributed by atoms with Crippen molar-refractivity contribution in [3.8, 4) is 11.5 Å². The summed E-state index contributed by atoms with van der Waals surface area (Å²) in [4.78, 5) is 11.7. The number of halogens is 3. The second-order valence-electron chi connectivity index (χ2n) is 3.60. The van der Waals surface area contributed by atoms with Crippen LogP contribution in [0.1, 0.15) is 23.2 Å². The first-order valence-electron chi connectivity index (χ1n) is 5.19. The number of rotatable bonds is 5. The third-order valence-electron chi connectivity index (χ3n) is 2.34. The number of carbonyl (C=O) groups is 1. The molecule has 0 bridgehead atoms. The van der Waals surface area contributed by atoms with Crippen molar-refractivity contribution in [1.29, 1.82) is 0 Å². The Kier molecular flexibility index (Phi) is 4.58. The number of ether oxygens (including phenoxy) is 2. The summed E-state index contributed by atoms with van der Waals surface area (Å²) in [5, 5.41) is 0. The summed E-state index contributed by atoms with van der Waals surface area (Å²) in [6.45, 7) is 0. The molecule has 0 saturated heterocycles. The molecule has 0 amide bonds. The fourth-order valence-corrected chi connectivity index (χ4v) is 1.42. The van der Waals surface area contributed by atoms with Gasteiger partial charge in [0.25, 0.3) is 0 Å². The Hall–Kier alpha value is -1.72. The van der Waals surface area contributed by atoms with Crippen LogP contribution in [0.15, 0.2) is 18.2 Å². The molecule has 0 saturated carbocycles. The maximum Gasteiger partial charge on any atom is 0.389 e. The predicted octanol–water partition coefficient (Wildman–Crippen LogP) is 3.23. The van der Waals surface area contributed by atoms with Crippen molar-refractivity contribution in [2.24, 2.45) is 0 Å². The summed E-state index contributed by atoms with van der Waals surface area (Å²) < 4.78 is 46.0. The maximum atomic E-state index is 12.1. The van der Waals surface area contributed by atoms with Gasteiger partial charge in [-0.25, -0.2) is 0 Å². The first-order chi connectivity index (χ1) is 8.37. The molecule has 0 aromatic heterocycles. The van der Waals surface area contributed by atoms with E-state index >= 15 is 0 Å². The van der Waals surface area contributed by atoms with Crippen molar-refractivity contribution >= 4 is 5.78 Å². The van der Waals surface area contributed by atoms with Crippen LogP contribution in [0.3, 0.4) is 0 Å². The third-order valence-corrected chi connectivity index (χ3v) is 2.34. The minimum absolute atomic E-state index is 0.0982. The molecule has 100 valence electrons. The molecule has 3 nitrogen and oxygen atoms in total. The average molecular weight is 262 g/mol. The molecule has 1 rings (SSSR count). The van der Waals surface area contributed by atoms with Gasteiger partial charge in [0.1, 0.15) is 11.5 Å². The summed E-state index contributed by atoms with van der Waals surface area (Å²) in [6.07, 6.45) is -6.10. The van der Waals surface area contributed by atoms with Crippen LogP contribution < -0.4 is 9.47 Å². The topological polar surface area (TPSA) is 35.5 Å². The van der Waals surface area contributed by atoms with Crippen LogP contribution in [-0.2, 0) is 0 Å². The molecule has 0 aliphatic rings. The molecule has 1 aromatic rings. The van der Waals surface area contributed by atoms with E-state index < -0.39 is 24.8 Å². The number of ketones is 1. The molecule has 0 unspecified atom stereocenters. The molecule has 0 radical (unpaired) electrons. The average Bonchev–Trinajstić information content (AvgIpc) is 2.34. The van der Waals surface area contributed by atoms with Gasteiger partial charge in [0.05, 0.1) is 26.2 Å². The Labute approximate surface area is 103 Å². The highest BCUT2D eigenvalue weighted by molar-refractivity contribution is 5.99. The van der Waals surface area contributed by atoms with E-state index in [9.17, 15) is 18.0 Å². The van der Waals surface area contributed by atoms with Gasteiger partial charge in [0.2, 0.25) is 0 Å². The molecule has 6 heteroatoms. The zero-order chi connectivity index (χ0) is 13.8. The number of hydrogen-bond acceptors (Lipinski definition) is 3. The Morgan fingerprint density at radius 2 is 1.89 bits per heavy atom. The van der Waals surface area contributed by atoms with Gasteiger partial charge in [-0.1, -0.05) is 0 Å². The second kappa shape index (κ2) is 5.75. The van der Waals surface area contributed by atoms with Crippen LogP contribution in [0.2, 0.25) is 0 Å². The minimum atomic E-state index is -4.35. The summed E-state index contributed by atoms with van der Waals surface area (Å²) in [6, 6.07) is 4.43. The summed E-state index contributed by atoms with van der Waals surface area (Å²) in [5.74, 6) is 0.0113. The normalized spacial score (nSPS) is 11.2. The molecule has 0 aliphatic heterocycles. The Morgan fingerprint density at radius 3 is 2.39 bits per heavy atom. The molecule has 0 atom stereocenters. The van der Waals surface area contributed by atoms with E-state index in [2.05, 4.69) is 0 Å². The lowest BCUT2D eigenvalue weighted by Gasteiger charge is -2.10. The van der Waals surface area contributed by atoms with Crippen LogP contribution in [0.25, 0.3) is 0 Å². The highest BCUT2D eigenvalue weighted by atomic mass is 19.4. The van der Waals surface area contributed by atoms with E-state index in [0.717, 1.165) is 0 Å². The highest BCUT2D eigenvalue weighted by Crippen LogP contribution is 2.28. The third kappa shape index (κ3) is 3.94. The van der Waals surface area contributed by atoms with Crippen molar-refractivity contribution in [1.82, 2.24) is 0 Å². The maximum absolute atomic E-state index is 12.1. The van der Waals surface area contributed by atoms with Crippen molar-refractivity contribution in [2.45, 2.75) is 19.0 Å². The number of carbonyl (C=O) groups excluding carboxylic acids is 1. The first-order valence-corrected chi connectivity index (χ1v) is 5.19. The van der Waals surface area contributed by atoms with Gasteiger partial charge in [0, 0.05) is 6.42 Å². The van der Waals surface area contributed by atoms with Gasteiger partial charge < -0.3 is 9.47 Å². The molecule has 0 N–H and O–H groups in total. The fraction of sp³-hybridized carbons (Fsp3) is 0.417. The van der Waals surface area contributed by atoms with Gasteiger partial charge >= 0.3 is 6.18 Å². The largest absolute Gasteiger partial charge is 0.497 e. The summed E-state index contributed by atoms with van der Waals surface area (Å²) in [5.41, 5.74) is 0.0982. The van der Waals surface area contributed by atoms with E-state index in [4.69, 9.17) is 9.47 Å². The molecular formula is C12H13F3O3. The summed E-state index contributed by atoms with van der Waals surface area (Å²) >= 11 is 0. The van der Waals surface area contributed by atoms with E-state index in [1.807, 2.05) is 0 Å². The number of benzene rings is 1. The van der Waals surface area contributed by atoms with Crippen molar-refractivity contribution in [2.75, 3.05) is 14.2 Å². The Balaban J connectivity index is 2.89. The van der Waals surface area contributed by atoms with Gasteiger partial charge in [-0.3, -0.25) is 4.79 Å². The first kappa shape index (κ1) is 14.3. The van der Waals surface area contributed by atoms with E-state index in [1.165, 1.54) is 26.4 Å². The number of hydrogen-bond donors (Lipinski definition) is 0. The van der Waals surface area contributed by atoms with Crippen LogP contribution in [0.4, 0.5) is 13.2 Å². The lowest BCUT2D eigenvalue weighted by molar-refractivity contribution is -0.133. The minimum Gasteiger partial charge on any atom is -0.497 e. The number of Topliss-reactive ketones (excluding diaryl/α,β-unsaturated/α-hetero) is 1. The SMILES string of the molecule is COc1ccc(OC)c(C(=O)CCC(F)(F)F)c1. The zero-order valence-corrected chi connectivity index (χ0v) is 10.0. The molecule has 0 aliphatic carbocycles. The molecule has 1 aromatic carbocycles. The monoisotopic (exact) mass is 262 g/mol. The zero-order valence-electron chi connectivity index (χ0n) is 10.0. The fourth-order valence-electron chi connectivity index (χ4n) is 1.42. The second-order valence-corrected chi connectivity index (χ2v) is 3.60. The highest BCUT2D eigenvalue weighted by Gasteiger charge is 2.28. The van der Waals surface area contributed by atoms with Crippen molar-refractivity contribution in [3.05, 3.63) is 23.8 Å². The van der Waals surface area contributed by atoms with Gasteiger partial charge in [-0.15, -0.1) is 0 Å². The number of methoxy groups -OCH3 is 2. The van der Waals surface area contributed by atoms with Gasteiger partial charge in [0.15, 0.2) is 5.78 Å². The lowest BCUT2D eigenvalue weighted by atomic mass is 10.0. The number of alkyl halides is 3. The molecule has 0 fully saturated rings.